The fraction of sp³-hybridized carbons (Fsp3) is 0.154. The molecule has 88 valence electrons. The summed E-state index contributed by atoms with van der Waals surface area (Å²) in [6, 6.07) is 9.04. The third-order valence-electron chi connectivity index (χ3n) is 2.44. The van der Waals surface area contributed by atoms with E-state index in [0.29, 0.717) is 0 Å². The SMILES string of the molecule is COc1ccc(Cn2ccc(=O)cc2)cc1Br. The van der Waals surface area contributed by atoms with Crippen molar-refractivity contribution >= 4 is 15.9 Å². The van der Waals surface area contributed by atoms with Gasteiger partial charge in [0.25, 0.3) is 0 Å². The molecule has 2 aromatic rings. The van der Waals surface area contributed by atoms with Crippen LogP contribution in [0.5, 0.6) is 5.75 Å². The van der Waals surface area contributed by atoms with Gasteiger partial charge in [-0.05, 0) is 33.6 Å². The maximum absolute atomic E-state index is 11.0. The number of halogens is 1. The highest BCUT2D eigenvalue weighted by Gasteiger charge is 2.01. The molecule has 1 aromatic carbocycles. The van der Waals surface area contributed by atoms with Crippen LogP contribution in [-0.2, 0) is 6.54 Å². The van der Waals surface area contributed by atoms with Crippen molar-refractivity contribution in [1.29, 1.82) is 0 Å². The number of benzene rings is 1. The van der Waals surface area contributed by atoms with Crippen LogP contribution >= 0.6 is 15.9 Å². The van der Waals surface area contributed by atoms with Gasteiger partial charge in [-0.25, -0.2) is 0 Å². The van der Waals surface area contributed by atoms with Crippen LogP contribution < -0.4 is 10.2 Å². The molecule has 0 unspecified atom stereocenters. The summed E-state index contributed by atoms with van der Waals surface area (Å²) in [5, 5.41) is 0. The van der Waals surface area contributed by atoms with Gasteiger partial charge < -0.3 is 9.30 Å². The van der Waals surface area contributed by atoms with Gasteiger partial charge in [-0.3, -0.25) is 4.79 Å². The number of methoxy groups -OCH3 is 1. The van der Waals surface area contributed by atoms with Crippen LogP contribution in [0.15, 0.2) is 52.0 Å². The maximum atomic E-state index is 11.0. The predicted octanol–water partition coefficient (Wildman–Crippen LogP) is 2.67. The molecule has 0 bridgehead atoms. The van der Waals surface area contributed by atoms with Gasteiger partial charge >= 0.3 is 0 Å². The number of nitrogens with zero attached hydrogens (tertiary/aromatic N) is 1. The highest BCUT2D eigenvalue weighted by molar-refractivity contribution is 9.10. The van der Waals surface area contributed by atoms with Gasteiger partial charge in [0, 0.05) is 31.1 Å². The van der Waals surface area contributed by atoms with Crippen molar-refractivity contribution in [3.63, 3.8) is 0 Å². The summed E-state index contributed by atoms with van der Waals surface area (Å²) < 4.78 is 8.05. The molecule has 0 radical (unpaired) electrons. The highest BCUT2D eigenvalue weighted by Crippen LogP contribution is 2.25. The fourth-order valence-electron chi connectivity index (χ4n) is 1.57. The monoisotopic (exact) mass is 293 g/mol. The summed E-state index contributed by atoms with van der Waals surface area (Å²) >= 11 is 3.45. The van der Waals surface area contributed by atoms with Crippen molar-refractivity contribution in [3.8, 4) is 5.75 Å². The molecule has 0 saturated carbocycles. The lowest BCUT2D eigenvalue weighted by Gasteiger charge is -2.08. The summed E-state index contributed by atoms with van der Waals surface area (Å²) in [5.74, 6) is 0.814. The highest BCUT2D eigenvalue weighted by atomic mass is 79.9. The summed E-state index contributed by atoms with van der Waals surface area (Å²) in [6.07, 6.45) is 3.56. The first-order chi connectivity index (χ1) is 8.19. The molecule has 0 spiro atoms. The van der Waals surface area contributed by atoms with E-state index in [2.05, 4.69) is 15.9 Å². The minimum Gasteiger partial charge on any atom is -0.496 e. The number of hydrogen-bond acceptors (Lipinski definition) is 2. The second-order valence-corrected chi connectivity index (χ2v) is 4.53. The Morgan fingerprint density at radius 1 is 1.24 bits per heavy atom. The van der Waals surface area contributed by atoms with E-state index in [-0.39, 0.29) is 5.43 Å². The smallest absolute Gasteiger partial charge is 0.181 e. The van der Waals surface area contributed by atoms with Gasteiger partial charge in [0.15, 0.2) is 5.43 Å². The molecule has 17 heavy (non-hydrogen) atoms. The average Bonchev–Trinajstić information content (AvgIpc) is 2.32. The number of hydrogen-bond donors (Lipinski definition) is 0. The van der Waals surface area contributed by atoms with E-state index in [1.54, 1.807) is 31.6 Å². The Morgan fingerprint density at radius 2 is 1.94 bits per heavy atom. The van der Waals surface area contributed by atoms with E-state index >= 15 is 0 Å². The minimum absolute atomic E-state index is 0.0251. The van der Waals surface area contributed by atoms with Gasteiger partial charge in [-0.15, -0.1) is 0 Å². The van der Waals surface area contributed by atoms with Crippen molar-refractivity contribution in [3.05, 3.63) is 63.0 Å². The molecule has 0 aliphatic rings. The zero-order chi connectivity index (χ0) is 12.3. The lowest BCUT2D eigenvalue weighted by molar-refractivity contribution is 0.412. The van der Waals surface area contributed by atoms with E-state index in [9.17, 15) is 4.79 Å². The maximum Gasteiger partial charge on any atom is 0.181 e. The van der Waals surface area contributed by atoms with Gasteiger partial charge in [0.1, 0.15) is 5.75 Å². The summed E-state index contributed by atoms with van der Waals surface area (Å²) in [4.78, 5) is 11.0. The Kier molecular flexibility index (Phi) is 3.64. The second kappa shape index (κ2) is 5.19. The normalized spacial score (nSPS) is 10.2. The minimum atomic E-state index is 0.0251. The first-order valence-corrected chi connectivity index (χ1v) is 5.97. The lowest BCUT2D eigenvalue weighted by atomic mass is 10.2. The summed E-state index contributed by atoms with van der Waals surface area (Å²) in [7, 11) is 1.64. The van der Waals surface area contributed by atoms with E-state index in [1.165, 1.54) is 0 Å². The molecule has 0 atom stereocenters. The Morgan fingerprint density at radius 3 is 2.53 bits per heavy atom. The largest absolute Gasteiger partial charge is 0.496 e. The van der Waals surface area contributed by atoms with Gasteiger partial charge in [0.2, 0.25) is 0 Å². The first-order valence-electron chi connectivity index (χ1n) is 5.17. The summed E-state index contributed by atoms with van der Waals surface area (Å²) in [6.45, 7) is 0.725. The van der Waals surface area contributed by atoms with Crippen molar-refractivity contribution in [1.82, 2.24) is 4.57 Å². The third kappa shape index (κ3) is 2.97. The number of pyridine rings is 1. The average molecular weight is 294 g/mol. The Balaban J connectivity index is 2.21. The number of ether oxygens (including phenoxy) is 1. The Labute approximate surface area is 108 Å². The van der Waals surface area contributed by atoms with E-state index in [1.807, 2.05) is 22.8 Å². The Bertz CT molecular complexity index is 557. The Hall–Kier alpha value is -1.55. The van der Waals surface area contributed by atoms with Crippen molar-refractivity contribution in [2.75, 3.05) is 7.11 Å². The van der Waals surface area contributed by atoms with E-state index < -0.39 is 0 Å². The van der Waals surface area contributed by atoms with Crippen molar-refractivity contribution in [2.45, 2.75) is 6.54 Å². The van der Waals surface area contributed by atoms with E-state index in [0.717, 1.165) is 22.3 Å². The topological polar surface area (TPSA) is 31.2 Å². The molecule has 0 fully saturated rings. The van der Waals surface area contributed by atoms with Gasteiger partial charge in [0.05, 0.1) is 11.6 Å². The van der Waals surface area contributed by atoms with Gasteiger partial charge in [-0.2, -0.15) is 0 Å². The fourth-order valence-corrected chi connectivity index (χ4v) is 2.16. The van der Waals surface area contributed by atoms with E-state index in [4.69, 9.17) is 4.74 Å². The quantitative estimate of drug-likeness (QED) is 0.871. The van der Waals surface area contributed by atoms with Crippen LogP contribution in [0.4, 0.5) is 0 Å². The van der Waals surface area contributed by atoms with Crippen molar-refractivity contribution < 1.29 is 4.74 Å². The van der Waals surface area contributed by atoms with Crippen LogP contribution in [0.3, 0.4) is 0 Å². The molecule has 0 N–H and O–H groups in total. The molecule has 0 amide bonds. The molecular weight excluding hydrogens is 282 g/mol. The molecule has 2 rings (SSSR count). The molecule has 0 aliphatic carbocycles. The number of rotatable bonds is 3. The molecular formula is C13H12BrNO2. The predicted molar refractivity (Wildman–Crippen MR) is 70.5 cm³/mol. The van der Waals surface area contributed by atoms with Crippen LogP contribution in [0.2, 0.25) is 0 Å². The lowest BCUT2D eigenvalue weighted by Crippen LogP contribution is -2.04. The van der Waals surface area contributed by atoms with Crippen LogP contribution in [-0.4, -0.2) is 11.7 Å². The second-order valence-electron chi connectivity index (χ2n) is 3.68. The third-order valence-corrected chi connectivity index (χ3v) is 3.06. The van der Waals surface area contributed by atoms with Gasteiger partial charge in [-0.1, -0.05) is 6.07 Å². The zero-order valence-corrected chi connectivity index (χ0v) is 11.0. The molecule has 4 heteroatoms. The molecule has 3 nitrogen and oxygen atoms in total. The van der Waals surface area contributed by atoms with Crippen LogP contribution in [0, 0.1) is 0 Å². The molecule has 1 aromatic heterocycles. The van der Waals surface area contributed by atoms with Crippen LogP contribution in [0.1, 0.15) is 5.56 Å². The number of aromatic nitrogens is 1. The first kappa shape index (κ1) is 11.9. The standard InChI is InChI=1S/C13H12BrNO2/c1-17-13-3-2-10(8-12(13)14)9-15-6-4-11(16)5-7-15/h2-8H,9H2,1H3. The molecule has 1 heterocycles. The molecule has 0 saturated heterocycles. The van der Waals surface area contributed by atoms with Crippen LogP contribution in [0.25, 0.3) is 0 Å². The zero-order valence-electron chi connectivity index (χ0n) is 9.39. The molecule has 0 aliphatic heterocycles. The van der Waals surface area contributed by atoms with Crippen molar-refractivity contribution in [2.24, 2.45) is 0 Å². The summed E-state index contributed by atoms with van der Waals surface area (Å²) in [5.41, 5.74) is 1.17.